The molecular weight excluding hydrogens is 332 g/mol. The Balaban J connectivity index is 2.39. The van der Waals surface area contributed by atoms with Crippen molar-refractivity contribution in [1.82, 2.24) is 0 Å². The van der Waals surface area contributed by atoms with Gasteiger partial charge in [0.2, 0.25) is 0 Å². The molecule has 0 radical (unpaired) electrons. The zero-order valence-corrected chi connectivity index (χ0v) is 16.1. The Bertz CT molecular complexity index is 888. The largest absolute Gasteiger partial charge is 0.489 e. The third kappa shape index (κ3) is 3.41. The summed E-state index contributed by atoms with van der Waals surface area (Å²) in [5.41, 5.74) is 0. The molecule has 0 aliphatic heterocycles. The van der Waals surface area contributed by atoms with Gasteiger partial charge >= 0.3 is 0 Å². The molecule has 0 bridgehead atoms. The maximum Gasteiger partial charge on any atom is 0.137 e. The monoisotopic (exact) mass is 356 g/mol. The average molecular weight is 357 g/mol. The highest BCUT2D eigenvalue weighted by atomic mass is 35.5. The zero-order valence-electron chi connectivity index (χ0n) is 15.3. The van der Waals surface area contributed by atoms with Crippen LogP contribution in [0.5, 0.6) is 11.5 Å². The second-order valence-electron chi connectivity index (χ2n) is 6.54. The first-order valence-corrected chi connectivity index (χ1v) is 9.40. The van der Waals surface area contributed by atoms with Crippen LogP contribution in [0.2, 0.25) is 5.02 Å². The van der Waals surface area contributed by atoms with Gasteiger partial charge in [0.05, 0.1) is 17.2 Å². The molecule has 132 valence electrons. The number of hydrogen-bond donors (Lipinski definition) is 0. The molecule has 0 aliphatic rings. The molecule has 0 heterocycles. The first kappa shape index (κ1) is 17.9. The number of benzene rings is 3. The van der Waals surface area contributed by atoms with E-state index in [2.05, 4.69) is 45.9 Å². The maximum absolute atomic E-state index is 6.60. The van der Waals surface area contributed by atoms with Crippen molar-refractivity contribution in [1.29, 1.82) is 0 Å². The molecule has 3 rings (SSSR count). The van der Waals surface area contributed by atoms with Gasteiger partial charge in [-0.2, -0.15) is 0 Å². The molecule has 0 aliphatic carbocycles. The molecule has 0 spiro atoms. The van der Waals surface area contributed by atoms with Crippen molar-refractivity contribution in [2.45, 2.75) is 52.7 Å². The van der Waals surface area contributed by atoms with Gasteiger partial charge in [-0.1, -0.05) is 61.8 Å². The summed E-state index contributed by atoms with van der Waals surface area (Å²) in [4.78, 5) is 0. The molecule has 0 saturated carbocycles. The lowest BCUT2D eigenvalue weighted by Gasteiger charge is -2.22. The van der Waals surface area contributed by atoms with E-state index < -0.39 is 0 Å². The van der Waals surface area contributed by atoms with E-state index in [9.17, 15) is 0 Å². The van der Waals surface area contributed by atoms with E-state index in [1.165, 1.54) is 0 Å². The molecule has 0 saturated heterocycles. The number of fused-ring (bicyclic) bond motifs is 2. The van der Waals surface area contributed by atoms with Gasteiger partial charge in [-0.05, 0) is 32.8 Å². The topological polar surface area (TPSA) is 18.5 Å². The SMILES string of the molecule is CCC(C)Oc1c2ccccc2c(OC(C)CC)c2c(Cl)cccc12. The van der Waals surface area contributed by atoms with Crippen LogP contribution >= 0.6 is 11.6 Å². The Morgan fingerprint density at radius 1 is 0.760 bits per heavy atom. The zero-order chi connectivity index (χ0) is 18.0. The van der Waals surface area contributed by atoms with E-state index in [0.29, 0.717) is 5.02 Å². The van der Waals surface area contributed by atoms with Gasteiger partial charge in [0, 0.05) is 21.5 Å². The van der Waals surface area contributed by atoms with Gasteiger partial charge < -0.3 is 9.47 Å². The molecule has 3 heteroatoms. The average Bonchev–Trinajstić information content (AvgIpc) is 2.63. The Morgan fingerprint density at radius 2 is 1.28 bits per heavy atom. The van der Waals surface area contributed by atoms with Gasteiger partial charge in [0.25, 0.3) is 0 Å². The third-order valence-electron chi connectivity index (χ3n) is 4.69. The first-order valence-electron chi connectivity index (χ1n) is 9.03. The van der Waals surface area contributed by atoms with Crippen LogP contribution in [0.4, 0.5) is 0 Å². The second-order valence-corrected chi connectivity index (χ2v) is 6.95. The van der Waals surface area contributed by atoms with E-state index >= 15 is 0 Å². The molecule has 3 aromatic carbocycles. The summed E-state index contributed by atoms with van der Waals surface area (Å²) < 4.78 is 12.6. The quantitative estimate of drug-likeness (QED) is 0.442. The molecule has 2 nitrogen and oxygen atoms in total. The van der Waals surface area contributed by atoms with Crippen LogP contribution in [0.25, 0.3) is 21.5 Å². The van der Waals surface area contributed by atoms with E-state index in [4.69, 9.17) is 21.1 Å². The van der Waals surface area contributed by atoms with Crippen molar-refractivity contribution in [3.05, 3.63) is 47.5 Å². The minimum absolute atomic E-state index is 0.115. The summed E-state index contributed by atoms with van der Waals surface area (Å²) >= 11 is 6.60. The fourth-order valence-corrected chi connectivity index (χ4v) is 3.18. The highest BCUT2D eigenvalue weighted by Crippen LogP contribution is 2.46. The Morgan fingerprint density at radius 3 is 1.88 bits per heavy atom. The van der Waals surface area contributed by atoms with E-state index in [-0.39, 0.29) is 12.2 Å². The number of hydrogen-bond acceptors (Lipinski definition) is 2. The summed E-state index contributed by atoms with van der Waals surface area (Å²) in [6, 6.07) is 14.2. The van der Waals surface area contributed by atoms with Crippen molar-refractivity contribution in [3.63, 3.8) is 0 Å². The van der Waals surface area contributed by atoms with Crippen LogP contribution in [0.1, 0.15) is 40.5 Å². The predicted molar refractivity (Wildman–Crippen MR) is 107 cm³/mol. The maximum atomic E-state index is 6.60. The lowest BCUT2D eigenvalue weighted by molar-refractivity contribution is 0.219. The van der Waals surface area contributed by atoms with Gasteiger partial charge in [-0.15, -0.1) is 0 Å². The smallest absolute Gasteiger partial charge is 0.137 e. The van der Waals surface area contributed by atoms with Gasteiger partial charge in [0.15, 0.2) is 0 Å². The first-order chi connectivity index (χ1) is 12.1. The fraction of sp³-hybridized carbons (Fsp3) is 0.364. The normalized spacial score (nSPS) is 13.8. The summed E-state index contributed by atoms with van der Waals surface area (Å²) in [6.07, 6.45) is 2.13. The molecule has 0 fully saturated rings. The van der Waals surface area contributed by atoms with Crippen LogP contribution in [0.15, 0.2) is 42.5 Å². The molecule has 3 aromatic rings. The van der Waals surface area contributed by atoms with Crippen LogP contribution in [0.3, 0.4) is 0 Å². The third-order valence-corrected chi connectivity index (χ3v) is 5.00. The van der Waals surface area contributed by atoms with Crippen LogP contribution in [-0.4, -0.2) is 12.2 Å². The van der Waals surface area contributed by atoms with Gasteiger partial charge in [-0.3, -0.25) is 0 Å². The number of ether oxygens (including phenoxy) is 2. The summed E-state index contributed by atoms with van der Waals surface area (Å²) in [5, 5.41) is 4.74. The van der Waals surface area contributed by atoms with Crippen LogP contribution < -0.4 is 9.47 Å². The molecule has 2 unspecified atom stereocenters. The number of halogens is 1. The van der Waals surface area contributed by atoms with Crippen LogP contribution in [-0.2, 0) is 0 Å². The second kappa shape index (κ2) is 7.53. The highest BCUT2D eigenvalue weighted by Gasteiger charge is 2.20. The van der Waals surface area contributed by atoms with Crippen molar-refractivity contribution >= 4 is 33.1 Å². The Hall–Kier alpha value is -1.93. The molecule has 0 aromatic heterocycles. The summed E-state index contributed by atoms with van der Waals surface area (Å²) in [6.45, 7) is 8.43. The standard InChI is InChI=1S/C22H25ClO2/c1-5-14(3)24-21-16-10-7-8-11-17(16)22(25-15(4)6-2)20-18(21)12-9-13-19(20)23/h7-15H,5-6H2,1-4H3. The Labute approximate surface area is 154 Å². The van der Waals surface area contributed by atoms with Crippen molar-refractivity contribution in [3.8, 4) is 11.5 Å². The fourth-order valence-electron chi connectivity index (χ4n) is 2.92. The summed E-state index contributed by atoms with van der Waals surface area (Å²) in [5.74, 6) is 1.74. The number of rotatable bonds is 6. The van der Waals surface area contributed by atoms with Crippen LogP contribution in [0, 0.1) is 0 Å². The van der Waals surface area contributed by atoms with Gasteiger partial charge in [0.1, 0.15) is 11.5 Å². The lowest BCUT2D eigenvalue weighted by Crippen LogP contribution is -2.12. The lowest BCUT2D eigenvalue weighted by atomic mass is 10.00. The minimum atomic E-state index is 0.115. The molecular formula is C22H25ClO2. The van der Waals surface area contributed by atoms with E-state index in [0.717, 1.165) is 45.9 Å². The summed E-state index contributed by atoms with van der Waals surface area (Å²) in [7, 11) is 0. The molecule has 0 N–H and O–H groups in total. The van der Waals surface area contributed by atoms with E-state index in [1.807, 2.05) is 24.3 Å². The van der Waals surface area contributed by atoms with Gasteiger partial charge in [-0.25, -0.2) is 0 Å². The molecule has 2 atom stereocenters. The Kier molecular flexibility index (Phi) is 5.39. The van der Waals surface area contributed by atoms with Crippen molar-refractivity contribution < 1.29 is 9.47 Å². The predicted octanol–water partition coefficient (Wildman–Crippen LogP) is 7.00. The van der Waals surface area contributed by atoms with Crippen molar-refractivity contribution in [2.75, 3.05) is 0 Å². The van der Waals surface area contributed by atoms with E-state index in [1.54, 1.807) is 0 Å². The minimum Gasteiger partial charge on any atom is -0.489 e. The van der Waals surface area contributed by atoms with Crippen molar-refractivity contribution in [2.24, 2.45) is 0 Å². The molecule has 25 heavy (non-hydrogen) atoms. The molecule has 0 amide bonds. The highest BCUT2D eigenvalue weighted by molar-refractivity contribution is 6.37.